The lowest BCUT2D eigenvalue weighted by Gasteiger charge is -2.16. The molecule has 4 rings (SSSR count). The summed E-state index contributed by atoms with van der Waals surface area (Å²) in [6.45, 7) is 4.80. The fourth-order valence-corrected chi connectivity index (χ4v) is 4.21. The minimum absolute atomic E-state index is 0.231. The normalized spacial score (nSPS) is 10.5. The smallest absolute Gasteiger partial charge is 0.255 e. The van der Waals surface area contributed by atoms with Gasteiger partial charge in [-0.1, -0.05) is 42.5 Å². The van der Waals surface area contributed by atoms with E-state index in [4.69, 9.17) is 14.2 Å². The van der Waals surface area contributed by atoms with Crippen LogP contribution in [0.4, 0.5) is 5.69 Å². The van der Waals surface area contributed by atoms with Crippen molar-refractivity contribution in [1.82, 2.24) is 0 Å². The molecule has 4 aromatic carbocycles. The van der Waals surface area contributed by atoms with E-state index in [0.717, 1.165) is 20.4 Å². The van der Waals surface area contributed by atoms with Crippen molar-refractivity contribution in [1.29, 1.82) is 0 Å². The molecule has 0 saturated carbocycles. The lowest BCUT2D eigenvalue weighted by Crippen LogP contribution is -2.13. The van der Waals surface area contributed by atoms with E-state index >= 15 is 0 Å². The van der Waals surface area contributed by atoms with Crippen molar-refractivity contribution < 1.29 is 19.0 Å². The topological polar surface area (TPSA) is 56.8 Å². The largest absolute Gasteiger partial charge is 0.490 e. The SMILES string of the molecule is CCOc1cc(C(=O)Nc2ccc(Oc3cccc(C)c3)cc2)cc(I)c1OCc1ccccc1. The average molecular weight is 579 g/mol. The predicted molar refractivity (Wildman–Crippen MR) is 147 cm³/mol. The zero-order valence-corrected chi connectivity index (χ0v) is 21.7. The van der Waals surface area contributed by atoms with Crippen LogP contribution in [0, 0.1) is 10.5 Å². The second-order valence-corrected chi connectivity index (χ2v) is 9.05. The van der Waals surface area contributed by atoms with Gasteiger partial charge in [-0.05, 0) is 96.1 Å². The summed E-state index contributed by atoms with van der Waals surface area (Å²) in [5.74, 6) is 2.41. The van der Waals surface area contributed by atoms with Gasteiger partial charge in [-0.2, -0.15) is 0 Å². The first kappa shape index (κ1) is 24.6. The van der Waals surface area contributed by atoms with Crippen LogP contribution < -0.4 is 19.5 Å². The minimum atomic E-state index is -0.231. The molecule has 0 saturated heterocycles. The van der Waals surface area contributed by atoms with Crippen molar-refractivity contribution in [2.24, 2.45) is 0 Å². The van der Waals surface area contributed by atoms with E-state index in [1.54, 1.807) is 12.1 Å². The van der Waals surface area contributed by atoms with Crippen LogP contribution in [-0.4, -0.2) is 12.5 Å². The first-order valence-corrected chi connectivity index (χ1v) is 12.4. The van der Waals surface area contributed by atoms with E-state index in [-0.39, 0.29) is 5.91 Å². The molecule has 6 heteroatoms. The van der Waals surface area contributed by atoms with Gasteiger partial charge in [-0.25, -0.2) is 0 Å². The highest BCUT2D eigenvalue weighted by Crippen LogP contribution is 2.35. The van der Waals surface area contributed by atoms with Crippen LogP contribution in [0.1, 0.15) is 28.4 Å². The third-order valence-corrected chi connectivity index (χ3v) is 5.94. The zero-order chi connectivity index (χ0) is 24.6. The molecule has 0 bridgehead atoms. The van der Waals surface area contributed by atoms with Gasteiger partial charge >= 0.3 is 0 Å². The summed E-state index contributed by atoms with van der Waals surface area (Å²) >= 11 is 2.17. The summed E-state index contributed by atoms with van der Waals surface area (Å²) < 4.78 is 18.5. The summed E-state index contributed by atoms with van der Waals surface area (Å²) in [6, 6.07) is 28.6. The van der Waals surface area contributed by atoms with Gasteiger partial charge in [0, 0.05) is 11.3 Å². The molecule has 0 aliphatic carbocycles. The number of nitrogens with one attached hydrogen (secondary N) is 1. The lowest BCUT2D eigenvalue weighted by molar-refractivity contribution is 0.102. The van der Waals surface area contributed by atoms with Crippen molar-refractivity contribution in [3.05, 3.63) is 111 Å². The first-order valence-electron chi connectivity index (χ1n) is 11.3. The Morgan fingerprint density at radius 3 is 2.34 bits per heavy atom. The van der Waals surface area contributed by atoms with Gasteiger partial charge in [0.05, 0.1) is 10.2 Å². The highest BCUT2D eigenvalue weighted by Gasteiger charge is 2.17. The summed E-state index contributed by atoms with van der Waals surface area (Å²) in [4.78, 5) is 13.0. The molecule has 0 fully saturated rings. The Balaban J connectivity index is 1.45. The average Bonchev–Trinajstić information content (AvgIpc) is 2.85. The van der Waals surface area contributed by atoms with Gasteiger partial charge in [0.2, 0.25) is 0 Å². The van der Waals surface area contributed by atoms with Crippen LogP contribution in [0.25, 0.3) is 0 Å². The molecule has 0 spiro atoms. The van der Waals surface area contributed by atoms with Crippen LogP contribution in [0.15, 0.2) is 91.0 Å². The molecule has 0 aliphatic heterocycles. The number of amides is 1. The van der Waals surface area contributed by atoms with E-state index < -0.39 is 0 Å². The summed E-state index contributed by atoms with van der Waals surface area (Å²) in [6.07, 6.45) is 0. The fourth-order valence-electron chi connectivity index (χ4n) is 3.46. The molecule has 0 atom stereocenters. The maximum atomic E-state index is 13.0. The Morgan fingerprint density at radius 2 is 1.63 bits per heavy atom. The third kappa shape index (κ3) is 6.76. The van der Waals surface area contributed by atoms with E-state index in [2.05, 4.69) is 27.9 Å². The molecule has 1 amide bonds. The number of hydrogen-bond donors (Lipinski definition) is 1. The van der Waals surface area contributed by atoms with Crippen molar-refractivity contribution in [3.63, 3.8) is 0 Å². The molecule has 0 radical (unpaired) electrons. The molecular formula is C29H26INO4. The van der Waals surface area contributed by atoms with Crippen LogP contribution in [0.2, 0.25) is 0 Å². The number of halogens is 1. The summed E-state index contributed by atoms with van der Waals surface area (Å²) in [7, 11) is 0. The van der Waals surface area contributed by atoms with E-state index in [1.807, 2.05) is 92.7 Å². The van der Waals surface area contributed by atoms with Crippen molar-refractivity contribution in [2.45, 2.75) is 20.5 Å². The van der Waals surface area contributed by atoms with Gasteiger partial charge in [0.15, 0.2) is 11.5 Å². The van der Waals surface area contributed by atoms with Gasteiger partial charge in [0.1, 0.15) is 18.1 Å². The zero-order valence-electron chi connectivity index (χ0n) is 19.6. The van der Waals surface area contributed by atoms with E-state index in [0.29, 0.717) is 41.7 Å². The molecule has 4 aromatic rings. The second-order valence-electron chi connectivity index (χ2n) is 7.89. The monoisotopic (exact) mass is 579 g/mol. The van der Waals surface area contributed by atoms with Crippen molar-refractivity contribution >= 4 is 34.2 Å². The van der Waals surface area contributed by atoms with Crippen molar-refractivity contribution in [2.75, 3.05) is 11.9 Å². The molecule has 0 aliphatic rings. The van der Waals surface area contributed by atoms with Crippen molar-refractivity contribution in [3.8, 4) is 23.0 Å². The van der Waals surface area contributed by atoms with Crippen LogP contribution >= 0.6 is 22.6 Å². The Hall–Kier alpha value is -3.52. The molecule has 0 aromatic heterocycles. The summed E-state index contributed by atoms with van der Waals surface area (Å²) in [5, 5.41) is 2.94. The Morgan fingerprint density at radius 1 is 0.857 bits per heavy atom. The minimum Gasteiger partial charge on any atom is -0.490 e. The van der Waals surface area contributed by atoms with Gasteiger partial charge < -0.3 is 19.5 Å². The van der Waals surface area contributed by atoms with E-state index in [1.165, 1.54) is 0 Å². The van der Waals surface area contributed by atoms with E-state index in [9.17, 15) is 4.79 Å². The molecule has 0 heterocycles. The third-order valence-electron chi connectivity index (χ3n) is 5.13. The van der Waals surface area contributed by atoms with Gasteiger partial charge in [-0.15, -0.1) is 0 Å². The highest BCUT2D eigenvalue weighted by molar-refractivity contribution is 14.1. The molecule has 1 N–H and O–H groups in total. The van der Waals surface area contributed by atoms with Gasteiger partial charge in [0.25, 0.3) is 5.91 Å². The Kier molecular flexibility index (Phi) is 8.26. The summed E-state index contributed by atoms with van der Waals surface area (Å²) in [5.41, 5.74) is 3.35. The number of carbonyl (C=O) groups excluding carboxylic acids is 1. The first-order chi connectivity index (χ1) is 17.0. The lowest BCUT2D eigenvalue weighted by atomic mass is 10.1. The van der Waals surface area contributed by atoms with Crippen LogP contribution in [0.5, 0.6) is 23.0 Å². The number of rotatable bonds is 9. The highest BCUT2D eigenvalue weighted by atomic mass is 127. The maximum absolute atomic E-state index is 13.0. The Labute approximate surface area is 219 Å². The van der Waals surface area contributed by atoms with Crippen LogP contribution in [0.3, 0.4) is 0 Å². The second kappa shape index (κ2) is 11.8. The number of hydrogen-bond acceptors (Lipinski definition) is 4. The number of carbonyl (C=O) groups is 1. The number of aryl methyl sites for hydroxylation is 1. The predicted octanol–water partition coefficient (Wildman–Crippen LogP) is 7.62. The fraction of sp³-hybridized carbons (Fsp3) is 0.138. The number of benzene rings is 4. The molecule has 5 nitrogen and oxygen atoms in total. The maximum Gasteiger partial charge on any atom is 0.255 e. The molecule has 0 unspecified atom stereocenters. The standard InChI is InChI=1S/C29H26INO4/c1-3-33-27-18-22(17-26(30)28(27)34-19-21-9-5-4-6-10-21)29(32)31-23-12-14-24(15-13-23)35-25-11-7-8-20(2)16-25/h4-18H,3,19H2,1-2H3,(H,31,32). The molecule has 35 heavy (non-hydrogen) atoms. The molecular weight excluding hydrogens is 553 g/mol. The van der Waals surface area contributed by atoms with Crippen LogP contribution in [-0.2, 0) is 6.61 Å². The Bertz CT molecular complexity index is 1290. The number of ether oxygens (including phenoxy) is 3. The molecule has 178 valence electrons. The van der Waals surface area contributed by atoms with Gasteiger partial charge in [-0.3, -0.25) is 4.79 Å². The quantitative estimate of drug-likeness (QED) is 0.207. The number of anilines is 1.